The average molecular weight is 377 g/mol. The molecule has 7 heteroatoms. The first kappa shape index (κ1) is 17.3. The largest absolute Gasteiger partial charge is 0.493 e. The molecular formula is C18H14Cl2N2O3. The molecular weight excluding hydrogens is 363 g/mol. The van der Waals surface area contributed by atoms with E-state index in [4.69, 9.17) is 32.7 Å². The van der Waals surface area contributed by atoms with Gasteiger partial charge < -0.3 is 14.8 Å². The lowest BCUT2D eigenvalue weighted by atomic mass is 10.1. The molecule has 0 bridgehead atoms. The van der Waals surface area contributed by atoms with Crippen molar-refractivity contribution in [3.8, 4) is 11.5 Å². The second-order valence-corrected chi connectivity index (χ2v) is 6.03. The summed E-state index contributed by atoms with van der Waals surface area (Å²) in [4.78, 5) is 16.5. The van der Waals surface area contributed by atoms with Crippen molar-refractivity contribution >= 4 is 41.0 Å². The van der Waals surface area contributed by atoms with E-state index in [0.717, 1.165) is 5.56 Å². The third kappa shape index (κ3) is 3.62. The monoisotopic (exact) mass is 376 g/mol. The molecule has 1 heterocycles. The van der Waals surface area contributed by atoms with E-state index in [-0.39, 0.29) is 11.6 Å². The van der Waals surface area contributed by atoms with Crippen LogP contribution in [0, 0.1) is 0 Å². The number of amidine groups is 1. The standard InChI is InChI=1S/C18H14Cl2N2O3/c1-24-15-6-3-10(8-16(15)25-2)7-14-18(23)22-17(21-14)12-5-4-11(19)9-13(12)20/h3-9H,1-2H3,(H,21,22,23)/b14-7-. The van der Waals surface area contributed by atoms with Crippen molar-refractivity contribution in [1.82, 2.24) is 5.32 Å². The fourth-order valence-corrected chi connectivity index (χ4v) is 2.88. The average Bonchev–Trinajstić information content (AvgIpc) is 2.95. The van der Waals surface area contributed by atoms with Crippen LogP contribution in [-0.2, 0) is 4.79 Å². The number of hydrogen-bond donors (Lipinski definition) is 1. The van der Waals surface area contributed by atoms with E-state index in [1.807, 2.05) is 6.07 Å². The zero-order chi connectivity index (χ0) is 18.0. The topological polar surface area (TPSA) is 59.9 Å². The molecule has 1 N–H and O–H groups in total. The van der Waals surface area contributed by atoms with Gasteiger partial charge in [0.15, 0.2) is 11.5 Å². The minimum absolute atomic E-state index is 0.272. The number of halogens is 2. The lowest BCUT2D eigenvalue weighted by Crippen LogP contribution is -2.24. The molecule has 128 valence electrons. The molecule has 0 aromatic heterocycles. The van der Waals surface area contributed by atoms with Crippen LogP contribution in [0.15, 0.2) is 47.1 Å². The number of methoxy groups -OCH3 is 2. The predicted molar refractivity (Wildman–Crippen MR) is 98.7 cm³/mol. The van der Waals surface area contributed by atoms with Gasteiger partial charge in [-0.15, -0.1) is 0 Å². The highest BCUT2D eigenvalue weighted by molar-refractivity contribution is 6.37. The Labute approximate surface area is 154 Å². The molecule has 25 heavy (non-hydrogen) atoms. The van der Waals surface area contributed by atoms with Crippen molar-refractivity contribution < 1.29 is 14.3 Å². The molecule has 0 atom stereocenters. The molecule has 2 aromatic rings. The number of nitrogens with one attached hydrogen (secondary N) is 1. The van der Waals surface area contributed by atoms with Gasteiger partial charge in [-0.2, -0.15) is 0 Å². The highest BCUT2D eigenvalue weighted by atomic mass is 35.5. The first-order valence-corrected chi connectivity index (χ1v) is 8.06. The van der Waals surface area contributed by atoms with Crippen LogP contribution < -0.4 is 14.8 Å². The Morgan fingerprint density at radius 1 is 1.04 bits per heavy atom. The van der Waals surface area contributed by atoms with Gasteiger partial charge in [-0.25, -0.2) is 4.99 Å². The number of rotatable bonds is 4. The quantitative estimate of drug-likeness (QED) is 0.822. The van der Waals surface area contributed by atoms with Gasteiger partial charge in [0.25, 0.3) is 5.91 Å². The van der Waals surface area contributed by atoms with Crippen LogP contribution in [-0.4, -0.2) is 26.0 Å². The lowest BCUT2D eigenvalue weighted by molar-refractivity contribution is -0.115. The molecule has 0 saturated carbocycles. The maximum absolute atomic E-state index is 12.2. The Bertz CT molecular complexity index is 907. The summed E-state index contributed by atoms with van der Waals surface area (Å²) >= 11 is 12.1. The molecule has 0 unspecified atom stereocenters. The molecule has 0 radical (unpaired) electrons. The van der Waals surface area contributed by atoms with E-state index in [1.54, 1.807) is 50.6 Å². The van der Waals surface area contributed by atoms with Gasteiger partial charge in [0.05, 0.1) is 19.2 Å². The maximum Gasteiger partial charge on any atom is 0.275 e. The summed E-state index contributed by atoms with van der Waals surface area (Å²) in [6, 6.07) is 10.3. The summed E-state index contributed by atoms with van der Waals surface area (Å²) in [5, 5.41) is 3.64. The molecule has 1 aliphatic heterocycles. The normalized spacial score (nSPS) is 15.1. The Morgan fingerprint density at radius 2 is 1.80 bits per heavy atom. The summed E-state index contributed by atoms with van der Waals surface area (Å²) < 4.78 is 10.5. The van der Waals surface area contributed by atoms with Crippen LogP contribution in [0.3, 0.4) is 0 Å². The Morgan fingerprint density at radius 3 is 2.48 bits per heavy atom. The maximum atomic E-state index is 12.2. The number of ether oxygens (including phenoxy) is 2. The van der Waals surface area contributed by atoms with Gasteiger partial charge in [-0.3, -0.25) is 4.79 Å². The second-order valence-electron chi connectivity index (χ2n) is 5.18. The summed E-state index contributed by atoms with van der Waals surface area (Å²) in [6.07, 6.45) is 1.66. The van der Waals surface area contributed by atoms with E-state index in [1.165, 1.54) is 0 Å². The molecule has 0 spiro atoms. The molecule has 0 saturated heterocycles. The fourth-order valence-electron chi connectivity index (χ4n) is 2.38. The predicted octanol–water partition coefficient (Wildman–Crippen LogP) is 3.93. The van der Waals surface area contributed by atoms with Gasteiger partial charge in [-0.1, -0.05) is 29.3 Å². The number of hydrogen-bond acceptors (Lipinski definition) is 4. The fraction of sp³-hybridized carbons (Fsp3) is 0.111. The third-order valence-corrected chi connectivity index (χ3v) is 4.14. The Kier molecular flexibility index (Phi) is 4.97. The van der Waals surface area contributed by atoms with Crippen LogP contribution in [0.5, 0.6) is 11.5 Å². The van der Waals surface area contributed by atoms with Gasteiger partial charge >= 0.3 is 0 Å². The minimum Gasteiger partial charge on any atom is -0.493 e. The van der Waals surface area contributed by atoms with Crippen molar-refractivity contribution in [1.29, 1.82) is 0 Å². The number of amides is 1. The smallest absolute Gasteiger partial charge is 0.275 e. The van der Waals surface area contributed by atoms with Crippen molar-refractivity contribution in [3.63, 3.8) is 0 Å². The molecule has 0 aliphatic carbocycles. The number of carbonyl (C=O) groups excluding carboxylic acids is 1. The minimum atomic E-state index is -0.309. The van der Waals surface area contributed by atoms with Crippen molar-refractivity contribution in [2.75, 3.05) is 14.2 Å². The van der Waals surface area contributed by atoms with Crippen LogP contribution in [0.2, 0.25) is 10.0 Å². The highest BCUT2D eigenvalue weighted by Gasteiger charge is 2.22. The van der Waals surface area contributed by atoms with Crippen LogP contribution in [0.1, 0.15) is 11.1 Å². The van der Waals surface area contributed by atoms with Gasteiger partial charge in [0.2, 0.25) is 0 Å². The first-order chi connectivity index (χ1) is 12.0. The van der Waals surface area contributed by atoms with Crippen molar-refractivity contribution in [2.24, 2.45) is 4.99 Å². The molecule has 0 fully saturated rings. The number of aliphatic imine (C=N–C) groups is 1. The van der Waals surface area contributed by atoms with Crippen molar-refractivity contribution in [2.45, 2.75) is 0 Å². The Balaban J connectivity index is 1.96. The van der Waals surface area contributed by atoms with E-state index in [9.17, 15) is 4.79 Å². The number of carbonyl (C=O) groups is 1. The zero-order valence-corrected chi connectivity index (χ0v) is 15.0. The first-order valence-electron chi connectivity index (χ1n) is 7.31. The van der Waals surface area contributed by atoms with E-state index < -0.39 is 0 Å². The van der Waals surface area contributed by atoms with E-state index in [2.05, 4.69) is 10.3 Å². The summed E-state index contributed by atoms with van der Waals surface area (Å²) in [5.41, 5.74) is 1.64. The zero-order valence-electron chi connectivity index (χ0n) is 13.5. The van der Waals surface area contributed by atoms with Gasteiger partial charge in [-0.05, 0) is 42.0 Å². The van der Waals surface area contributed by atoms with Gasteiger partial charge in [0, 0.05) is 10.6 Å². The molecule has 1 amide bonds. The number of benzene rings is 2. The van der Waals surface area contributed by atoms with Crippen molar-refractivity contribution in [3.05, 3.63) is 63.3 Å². The third-order valence-electron chi connectivity index (χ3n) is 3.59. The SMILES string of the molecule is COc1ccc(/C=C2\N=C(c3ccc(Cl)cc3Cl)NC2=O)cc1OC. The van der Waals surface area contributed by atoms with Crippen LogP contribution >= 0.6 is 23.2 Å². The van der Waals surface area contributed by atoms with Crippen LogP contribution in [0.4, 0.5) is 0 Å². The molecule has 2 aromatic carbocycles. The highest BCUT2D eigenvalue weighted by Crippen LogP contribution is 2.29. The van der Waals surface area contributed by atoms with Gasteiger partial charge in [0.1, 0.15) is 11.5 Å². The molecule has 5 nitrogen and oxygen atoms in total. The molecule has 3 rings (SSSR count). The summed E-state index contributed by atoms with van der Waals surface area (Å²) in [7, 11) is 3.11. The summed E-state index contributed by atoms with van der Waals surface area (Å²) in [6.45, 7) is 0. The summed E-state index contributed by atoms with van der Waals surface area (Å²) in [5.74, 6) is 1.26. The van der Waals surface area contributed by atoms with E-state index in [0.29, 0.717) is 32.9 Å². The molecule has 1 aliphatic rings. The second kappa shape index (κ2) is 7.17. The Hall–Kier alpha value is -2.50. The van der Waals surface area contributed by atoms with E-state index >= 15 is 0 Å². The number of nitrogens with zero attached hydrogens (tertiary/aromatic N) is 1. The van der Waals surface area contributed by atoms with Crippen LogP contribution in [0.25, 0.3) is 6.08 Å². The lowest BCUT2D eigenvalue weighted by Gasteiger charge is -2.07.